The number of hydrogen-bond donors (Lipinski definition) is 0. The first-order valence-electron chi connectivity index (χ1n) is 6.16. The Labute approximate surface area is 99.2 Å². The summed E-state index contributed by atoms with van der Waals surface area (Å²) in [6.45, 7) is 14.4. The highest BCUT2D eigenvalue weighted by Gasteiger charge is 2.52. The van der Waals surface area contributed by atoms with Gasteiger partial charge in [0.2, 0.25) is 7.30 Å². The lowest BCUT2D eigenvalue weighted by Gasteiger charge is -2.35. The van der Waals surface area contributed by atoms with Gasteiger partial charge in [0.05, 0.1) is 59.6 Å². The van der Waals surface area contributed by atoms with Crippen molar-refractivity contribution in [3.8, 4) is 0 Å². The molecule has 0 heterocycles. The fourth-order valence-electron chi connectivity index (χ4n) is 3.10. The lowest BCUT2D eigenvalue weighted by atomic mass is 10.0. The van der Waals surface area contributed by atoms with Gasteiger partial charge in [0.15, 0.2) is 0 Å². The van der Waals surface area contributed by atoms with Gasteiger partial charge in [-0.05, 0) is 12.8 Å². The van der Waals surface area contributed by atoms with Gasteiger partial charge in [-0.2, -0.15) is 0 Å². The van der Waals surface area contributed by atoms with E-state index in [2.05, 4.69) is 40.0 Å². The summed E-state index contributed by atoms with van der Waals surface area (Å²) < 4.78 is 0. The molecule has 0 bridgehead atoms. The zero-order valence-electron chi connectivity index (χ0n) is 11.5. The Morgan fingerprint density at radius 3 is 1.47 bits per heavy atom. The average Bonchev–Trinajstić information content (AvgIpc) is 2.00. The molecule has 0 aromatic rings. The molecule has 0 nitrogen and oxygen atoms in total. The van der Waals surface area contributed by atoms with Gasteiger partial charge in [0, 0.05) is 0 Å². The molecule has 1 aliphatic carbocycles. The van der Waals surface area contributed by atoms with Crippen molar-refractivity contribution in [2.24, 2.45) is 0 Å². The van der Waals surface area contributed by atoms with Crippen molar-refractivity contribution in [2.45, 2.75) is 37.8 Å². The summed E-state index contributed by atoms with van der Waals surface area (Å²) in [5.41, 5.74) is 1.13. The highest BCUT2D eigenvalue weighted by molar-refractivity contribution is 8.69. The van der Waals surface area contributed by atoms with Crippen molar-refractivity contribution >= 4 is 21.2 Å². The maximum absolute atomic E-state index is 2.60. The zero-order valence-corrected chi connectivity index (χ0v) is 14.1. The van der Waals surface area contributed by atoms with E-state index in [0.29, 0.717) is 7.30 Å². The molecule has 0 saturated heterocycles. The van der Waals surface area contributed by atoms with Crippen LogP contribution in [0.3, 0.4) is 0 Å². The lowest BCUT2D eigenvalue weighted by molar-refractivity contribution is 0.514. The number of hydrogen-bond acceptors (Lipinski definition) is 0. The molecule has 3 heteroatoms. The standard InChI is InChI=1S/C12H29P3/c1-14(2,3)13(15(4,5)6)12-10-8-7-9-11-12/h12H,7-11H2,1-6H3/q+2. The Morgan fingerprint density at radius 2 is 1.13 bits per heavy atom. The minimum absolute atomic E-state index is 0.361. The first-order valence-corrected chi connectivity index (χ1v) is 15.2. The molecule has 0 N–H and O–H groups in total. The fraction of sp³-hybridized carbons (Fsp3) is 1.00. The van der Waals surface area contributed by atoms with Gasteiger partial charge >= 0.3 is 0 Å². The van der Waals surface area contributed by atoms with Gasteiger partial charge in [0.25, 0.3) is 0 Å². The fourth-order valence-corrected chi connectivity index (χ4v) is 34.1. The van der Waals surface area contributed by atoms with Crippen LogP contribution in [0.15, 0.2) is 0 Å². The normalized spacial score (nSPS) is 21.0. The smallest absolute Gasteiger partial charge is 0.0533 e. The van der Waals surface area contributed by atoms with Gasteiger partial charge < -0.3 is 0 Å². The highest BCUT2D eigenvalue weighted by atomic mass is 32.5. The molecule has 0 spiro atoms. The summed E-state index contributed by atoms with van der Waals surface area (Å²) in [4.78, 5) is 0. The zero-order chi connectivity index (χ0) is 11.7. The largest absolute Gasteiger partial charge is 0.209 e. The van der Waals surface area contributed by atoms with Crippen LogP contribution in [0.5, 0.6) is 0 Å². The van der Waals surface area contributed by atoms with Crippen molar-refractivity contribution in [1.29, 1.82) is 0 Å². The van der Waals surface area contributed by atoms with Crippen molar-refractivity contribution < 1.29 is 0 Å². The van der Waals surface area contributed by atoms with E-state index in [0.717, 1.165) is 5.66 Å². The second-order valence-corrected chi connectivity index (χ2v) is 26.4. The molecule has 1 aliphatic rings. The molecule has 0 amide bonds. The van der Waals surface area contributed by atoms with Crippen LogP contribution in [-0.4, -0.2) is 45.6 Å². The summed E-state index contributed by atoms with van der Waals surface area (Å²) in [7, 11) is 0.361. The summed E-state index contributed by atoms with van der Waals surface area (Å²) in [5, 5.41) is 0. The molecular weight excluding hydrogens is 237 g/mol. The molecule has 0 aromatic heterocycles. The third kappa shape index (κ3) is 4.22. The van der Waals surface area contributed by atoms with E-state index in [4.69, 9.17) is 0 Å². The molecule has 1 rings (SSSR count). The molecule has 0 aromatic carbocycles. The van der Waals surface area contributed by atoms with E-state index in [1.54, 1.807) is 12.8 Å². The molecule has 0 atom stereocenters. The summed E-state index contributed by atoms with van der Waals surface area (Å²) >= 11 is 0. The van der Waals surface area contributed by atoms with Gasteiger partial charge in [-0.15, -0.1) is 0 Å². The van der Waals surface area contributed by atoms with Gasteiger partial charge in [0.1, 0.15) is 0 Å². The molecule has 0 unspecified atom stereocenters. The third-order valence-electron chi connectivity index (χ3n) is 3.13. The van der Waals surface area contributed by atoms with E-state index >= 15 is 0 Å². The van der Waals surface area contributed by atoms with E-state index < -0.39 is 13.9 Å². The van der Waals surface area contributed by atoms with E-state index in [1.165, 1.54) is 19.3 Å². The first-order chi connectivity index (χ1) is 6.73. The third-order valence-corrected chi connectivity index (χ3v) is 25.8. The lowest BCUT2D eigenvalue weighted by Crippen LogP contribution is -2.12. The molecule has 90 valence electrons. The number of rotatable bonds is 3. The highest BCUT2D eigenvalue weighted by Crippen LogP contribution is 2.99. The Kier molecular flexibility index (Phi) is 5.06. The van der Waals surface area contributed by atoms with Crippen molar-refractivity contribution in [2.75, 3.05) is 40.0 Å². The summed E-state index contributed by atoms with van der Waals surface area (Å²) in [5.74, 6) is 0. The summed E-state index contributed by atoms with van der Waals surface area (Å²) in [6.07, 6.45) is 7.65. The van der Waals surface area contributed by atoms with Gasteiger partial charge in [-0.1, -0.05) is 19.3 Å². The monoisotopic (exact) mass is 266 g/mol. The maximum atomic E-state index is 2.60. The van der Waals surface area contributed by atoms with Gasteiger partial charge in [-0.3, -0.25) is 0 Å². The van der Waals surface area contributed by atoms with E-state index in [9.17, 15) is 0 Å². The van der Waals surface area contributed by atoms with Crippen LogP contribution in [0.4, 0.5) is 0 Å². The van der Waals surface area contributed by atoms with Crippen molar-refractivity contribution in [3.05, 3.63) is 0 Å². The van der Waals surface area contributed by atoms with Crippen LogP contribution >= 0.6 is 21.2 Å². The molecule has 1 fully saturated rings. The topological polar surface area (TPSA) is 0 Å². The molecule has 1 saturated carbocycles. The molecular formula is C12H29P3+2. The van der Waals surface area contributed by atoms with Crippen LogP contribution in [0.25, 0.3) is 0 Å². The minimum Gasteiger partial charge on any atom is -0.0533 e. The van der Waals surface area contributed by atoms with Crippen LogP contribution in [0.2, 0.25) is 0 Å². The second kappa shape index (κ2) is 5.29. The Hall–Kier alpha value is 1.29. The second-order valence-electron chi connectivity index (χ2n) is 6.50. The quantitative estimate of drug-likeness (QED) is 0.596. The van der Waals surface area contributed by atoms with Crippen LogP contribution in [0.1, 0.15) is 32.1 Å². The minimum atomic E-state index is -0.602. The van der Waals surface area contributed by atoms with Crippen LogP contribution in [-0.2, 0) is 0 Å². The average molecular weight is 266 g/mol. The molecule has 15 heavy (non-hydrogen) atoms. The maximum Gasteiger partial charge on any atom is 0.209 e. The molecule has 0 aliphatic heterocycles. The molecule has 0 radical (unpaired) electrons. The summed E-state index contributed by atoms with van der Waals surface area (Å²) in [6, 6.07) is 0. The van der Waals surface area contributed by atoms with Crippen molar-refractivity contribution in [3.63, 3.8) is 0 Å². The van der Waals surface area contributed by atoms with E-state index in [-0.39, 0.29) is 0 Å². The Morgan fingerprint density at radius 1 is 0.733 bits per heavy atom. The SMILES string of the molecule is C[P+](C)(C)P(C1CCCCC1)[P+](C)(C)C. The van der Waals surface area contributed by atoms with Crippen LogP contribution in [0, 0.1) is 0 Å². The van der Waals surface area contributed by atoms with Crippen molar-refractivity contribution in [1.82, 2.24) is 0 Å². The van der Waals surface area contributed by atoms with Crippen LogP contribution < -0.4 is 0 Å². The van der Waals surface area contributed by atoms with Gasteiger partial charge in [-0.25, -0.2) is 0 Å². The predicted molar refractivity (Wildman–Crippen MR) is 83.2 cm³/mol. The Bertz CT molecular complexity index is 180. The predicted octanol–water partition coefficient (Wildman–Crippen LogP) is 5.45. The Balaban J connectivity index is 2.80. The van der Waals surface area contributed by atoms with E-state index in [1.807, 2.05) is 0 Å². The first kappa shape index (κ1) is 14.4.